The number of nitrogens with zero attached hydrogens (tertiary/aromatic N) is 1. The van der Waals surface area contributed by atoms with E-state index < -0.39 is 0 Å². The van der Waals surface area contributed by atoms with Crippen LogP contribution in [0.3, 0.4) is 0 Å². The molecule has 26 heavy (non-hydrogen) atoms. The maximum atomic E-state index is 12.4. The number of hydrogen-bond donors (Lipinski definition) is 1. The number of anilines is 1. The molecule has 0 radical (unpaired) electrons. The summed E-state index contributed by atoms with van der Waals surface area (Å²) in [4.78, 5) is 18.0. The van der Waals surface area contributed by atoms with Crippen molar-refractivity contribution in [2.45, 2.75) is 24.0 Å². The van der Waals surface area contributed by atoms with Gasteiger partial charge in [-0.05, 0) is 42.5 Å². The number of benzene rings is 2. The minimum absolute atomic E-state index is 0.186. The van der Waals surface area contributed by atoms with Gasteiger partial charge in [0.15, 0.2) is 5.13 Å². The topological polar surface area (TPSA) is 42.0 Å². The number of halogens is 2. The Labute approximate surface area is 170 Å². The summed E-state index contributed by atoms with van der Waals surface area (Å²) in [5.41, 5.74) is 2.08. The van der Waals surface area contributed by atoms with E-state index in [0.29, 0.717) is 31.7 Å². The van der Waals surface area contributed by atoms with Gasteiger partial charge in [-0.15, -0.1) is 23.1 Å². The molecule has 0 fully saturated rings. The van der Waals surface area contributed by atoms with Crippen molar-refractivity contribution in [2.24, 2.45) is 0 Å². The molecule has 1 amide bonds. The predicted octanol–water partition coefficient (Wildman–Crippen LogP) is 6.87. The molecule has 3 nitrogen and oxygen atoms in total. The van der Waals surface area contributed by atoms with Gasteiger partial charge >= 0.3 is 0 Å². The van der Waals surface area contributed by atoms with Crippen LogP contribution in [0.5, 0.6) is 0 Å². The fourth-order valence-electron chi connectivity index (χ4n) is 2.28. The van der Waals surface area contributed by atoms with E-state index in [9.17, 15) is 4.79 Å². The second-order valence-electron chi connectivity index (χ2n) is 5.81. The van der Waals surface area contributed by atoms with Gasteiger partial charge in [-0.1, -0.05) is 37.0 Å². The van der Waals surface area contributed by atoms with E-state index in [0.717, 1.165) is 10.5 Å². The van der Waals surface area contributed by atoms with Crippen molar-refractivity contribution in [1.82, 2.24) is 4.98 Å². The van der Waals surface area contributed by atoms with Crippen LogP contribution in [0.25, 0.3) is 11.3 Å². The van der Waals surface area contributed by atoms with Gasteiger partial charge in [0.05, 0.1) is 10.7 Å². The minimum Gasteiger partial charge on any atom is -0.298 e. The van der Waals surface area contributed by atoms with Crippen molar-refractivity contribution >= 4 is 57.3 Å². The van der Waals surface area contributed by atoms with Crippen LogP contribution in [0.2, 0.25) is 10.0 Å². The fourth-order valence-corrected chi connectivity index (χ4v) is 4.33. The highest BCUT2D eigenvalue weighted by Gasteiger charge is 2.12. The number of thioether (sulfide) groups is 1. The van der Waals surface area contributed by atoms with Gasteiger partial charge in [-0.25, -0.2) is 4.98 Å². The first-order chi connectivity index (χ1) is 12.4. The van der Waals surface area contributed by atoms with Gasteiger partial charge in [0.2, 0.25) is 0 Å². The second kappa shape index (κ2) is 8.44. The number of amides is 1. The number of thiazole rings is 1. The van der Waals surface area contributed by atoms with Crippen LogP contribution < -0.4 is 5.32 Å². The highest BCUT2D eigenvalue weighted by atomic mass is 35.5. The lowest BCUT2D eigenvalue weighted by Gasteiger charge is -2.06. The molecule has 0 bridgehead atoms. The van der Waals surface area contributed by atoms with Gasteiger partial charge in [-0.3, -0.25) is 10.1 Å². The molecule has 0 saturated heterocycles. The Morgan fingerprint density at radius 2 is 1.88 bits per heavy atom. The van der Waals surface area contributed by atoms with Crippen LogP contribution in [0, 0.1) is 0 Å². The van der Waals surface area contributed by atoms with Gasteiger partial charge in [-0.2, -0.15) is 0 Å². The minimum atomic E-state index is -0.186. The lowest BCUT2D eigenvalue weighted by Crippen LogP contribution is -2.11. The number of rotatable bonds is 5. The van der Waals surface area contributed by atoms with E-state index in [-0.39, 0.29) is 5.91 Å². The smallest absolute Gasteiger partial charge is 0.257 e. The zero-order valence-corrected chi connectivity index (χ0v) is 17.3. The first kappa shape index (κ1) is 19.2. The molecule has 0 saturated carbocycles. The zero-order valence-electron chi connectivity index (χ0n) is 14.1. The van der Waals surface area contributed by atoms with Gasteiger partial charge in [0, 0.05) is 31.7 Å². The van der Waals surface area contributed by atoms with Gasteiger partial charge < -0.3 is 0 Å². The summed E-state index contributed by atoms with van der Waals surface area (Å²) < 4.78 is 0. The molecule has 3 rings (SSSR count). The molecule has 0 atom stereocenters. The molecule has 2 aromatic carbocycles. The molecular formula is C19H16Cl2N2OS2. The number of nitrogens with one attached hydrogen (secondary N) is 1. The molecule has 1 heterocycles. The molecule has 1 aromatic heterocycles. The Morgan fingerprint density at radius 1 is 1.15 bits per heavy atom. The van der Waals surface area contributed by atoms with Crippen LogP contribution in [-0.2, 0) is 0 Å². The number of carbonyl (C=O) groups is 1. The van der Waals surface area contributed by atoms with Gasteiger partial charge in [0.1, 0.15) is 0 Å². The summed E-state index contributed by atoms with van der Waals surface area (Å²) in [6, 6.07) is 12.8. The summed E-state index contributed by atoms with van der Waals surface area (Å²) in [5.74, 6) is -0.186. The Hall–Kier alpha value is -1.53. The monoisotopic (exact) mass is 422 g/mol. The first-order valence-corrected chi connectivity index (χ1v) is 10.4. The predicted molar refractivity (Wildman–Crippen MR) is 113 cm³/mol. The highest BCUT2D eigenvalue weighted by Crippen LogP contribution is 2.32. The standard InChI is InChI=1S/C19H16Cl2N2OS2/c1-11(2)26-14-6-3-12(4-7-14)18(24)23-19-22-17(10-25-19)15-8-5-13(20)9-16(15)21/h3-11H,1-2H3,(H,22,23,24). The molecule has 3 aromatic rings. The SMILES string of the molecule is CC(C)Sc1ccc(C(=O)Nc2nc(-c3ccc(Cl)cc3Cl)cs2)cc1. The van der Waals surface area contributed by atoms with Crippen molar-refractivity contribution in [3.05, 3.63) is 63.5 Å². The van der Waals surface area contributed by atoms with Crippen LogP contribution in [0.15, 0.2) is 52.7 Å². The largest absolute Gasteiger partial charge is 0.298 e. The summed E-state index contributed by atoms with van der Waals surface area (Å²) in [7, 11) is 0. The quantitative estimate of drug-likeness (QED) is 0.456. The molecule has 1 N–H and O–H groups in total. The Balaban J connectivity index is 1.71. The van der Waals surface area contributed by atoms with Crippen molar-refractivity contribution < 1.29 is 4.79 Å². The Bertz CT molecular complexity index is 924. The summed E-state index contributed by atoms with van der Waals surface area (Å²) in [6.45, 7) is 4.27. The van der Waals surface area contributed by atoms with E-state index in [2.05, 4.69) is 24.1 Å². The number of carbonyl (C=O) groups excluding carboxylic acids is 1. The maximum Gasteiger partial charge on any atom is 0.257 e. The third-order valence-electron chi connectivity index (χ3n) is 3.42. The Morgan fingerprint density at radius 3 is 2.54 bits per heavy atom. The summed E-state index contributed by atoms with van der Waals surface area (Å²) >= 11 is 15.3. The van der Waals surface area contributed by atoms with E-state index in [4.69, 9.17) is 23.2 Å². The number of aromatic nitrogens is 1. The Kier molecular flexibility index (Phi) is 6.24. The fraction of sp³-hybridized carbons (Fsp3) is 0.158. The zero-order chi connectivity index (χ0) is 18.7. The van der Waals surface area contributed by atoms with Crippen molar-refractivity contribution in [3.63, 3.8) is 0 Å². The maximum absolute atomic E-state index is 12.4. The molecule has 0 aliphatic heterocycles. The summed E-state index contributed by atoms with van der Waals surface area (Å²) in [6.07, 6.45) is 0. The van der Waals surface area contributed by atoms with Crippen molar-refractivity contribution in [2.75, 3.05) is 5.32 Å². The molecule has 0 unspecified atom stereocenters. The third-order valence-corrected chi connectivity index (χ3v) is 5.74. The average Bonchev–Trinajstić information content (AvgIpc) is 3.03. The van der Waals surface area contributed by atoms with Crippen LogP contribution >= 0.6 is 46.3 Å². The van der Waals surface area contributed by atoms with E-state index in [1.807, 2.05) is 35.7 Å². The van der Waals surface area contributed by atoms with Crippen molar-refractivity contribution in [1.29, 1.82) is 0 Å². The van der Waals surface area contributed by atoms with Gasteiger partial charge in [0.25, 0.3) is 5.91 Å². The lowest BCUT2D eigenvalue weighted by atomic mass is 10.2. The molecular weight excluding hydrogens is 407 g/mol. The molecule has 134 valence electrons. The number of hydrogen-bond acceptors (Lipinski definition) is 4. The van der Waals surface area contributed by atoms with Crippen LogP contribution in [-0.4, -0.2) is 16.1 Å². The third kappa shape index (κ3) is 4.80. The molecule has 0 aliphatic carbocycles. The molecule has 7 heteroatoms. The second-order valence-corrected chi connectivity index (χ2v) is 9.16. The molecule has 0 spiro atoms. The highest BCUT2D eigenvalue weighted by molar-refractivity contribution is 7.99. The first-order valence-electron chi connectivity index (χ1n) is 7.91. The van der Waals surface area contributed by atoms with Crippen LogP contribution in [0.4, 0.5) is 5.13 Å². The normalized spacial score (nSPS) is 11.0. The van der Waals surface area contributed by atoms with E-state index >= 15 is 0 Å². The lowest BCUT2D eigenvalue weighted by molar-refractivity contribution is 0.102. The van der Waals surface area contributed by atoms with Crippen LogP contribution in [0.1, 0.15) is 24.2 Å². The van der Waals surface area contributed by atoms with E-state index in [1.54, 1.807) is 23.9 Å². The van der Waals surface area contributed by atoms with E-state index in [1.165, 1.54) is 11.3 Å². The molecule has 0 aliphatic rings. The summed E-state index contributed by atoms with van der Waals surface area (Å²) in [5, 5.41) is 6.81. The van der Waals surface area contributed by atoms with Crippen molar-refractivity contribution in [3.8, 4) is 11.3 Å². The average molecular weight is 423 g/mol.